The summed E-state index contributed by atoms with van der Waals surface area (Å²) >= 11 is 0. The molecule has 0 radical (unpaired) electrons. The Morgan fingerprint density at radius 3 is 2.17 bits per heavy atom. The van der Waals surface area contributed by atoms with E-state index in [2.05, 4.69) is 18.9 Å². The lowest BCUT2D eigenvalue weighted by atomic mass is 10.1. The van der Waals surface area contributed by atoms with E-state index in [1.54, 1.807) is 12.1 Å². The molecule has 0 aliphatic heterocycles. The van der Waals surface area contributed by atoms with E-state index in [4.69, 9.17) is 4.74 Å². The molecule has 3 aromatic rings. The summed E-state index contributed by atoms with van der Waals surface area (Å²) in [6, 6.07) is 15.8. The Hall–Kier alpha value is -2.62. The van der Waals surface area contributed by atoms with Crippen LogP contribution in [0.15, 0.2) is 60.8 Å². The second kappa shape index (κ2) is 6.65. The number of benzene rings is 2. The van der Waals surface area contributed by atoms with Crippen molar-refractivity contribution >= 4 is 0 Å². The van der Waals surface area contributed by atoms with Crippen LogP contribution in [0.1, 0.15) is 13.8 Å². The Balaban J connectivity index is 1.77. The molecule has 118 valence electrons. The summed E-state index contributed by atoms with van der Waals surface area (Å²) in [5.41, 5.74) is 2.18. The molecule has 0 spiro atoms. The first-order valence-electron chi connectivity index (χ1n) is 7.67. The van der Waals surface area contributed by atoms with Crippen molar-refractivity contribution in [1.82, 2.24) is 9.78 Å². The van der Waals surface area contributed by atoms with Crippen LogP contribution < -0.4 is 4.74 Å². The van der Waals surface area contributed by atoms with Gasteiger partial charge in [-0.1, -0.05) is 13.8 Å². The topological polar surface area (TPSA) is 27.1 Å². The lowest BCUT2D eigenvalue weighted by Crippen LogP contribution is -2.07. The number of halogens is 1. The predicted molar refractivity (Wildman–Crippen MR) is 89.0 cm³/mol. The Morgan fingerprint density at radius 1 is 0.957 bits per heavy atom. The maximum atomic E-state index is 12.9. The molecule has 0 fully saturated rings. The zero-order valence-electron chi connectivity index (χ0n) is 13.2. The molecular weight excluding hydrogens is 291 g/mol. The lowest BCUT2D eigenvalue weighted by Gasteiger charge is -2.11. The van der Waals surface area contributed by atoms with Gasteiger partial charge in [0, 0.05) is 18.3 Å². The van der Waals surface area contributed by atoms with Crippen molar-refractivity contribution in [1.29, 1.82) is 0 Å². The number of hydrogen-bond acceptors (Lipinski definition) is 2. The van der Waals surface area contributed by atoms with Crippen LogP contribution in [0, 0.1) is 11.7 Å². The third kappa shape index (κ3) is 3.77. The predicted octanol–water partition coefficient (Wildman–Crippen LogP) is 5.14. The number of nitrogens with zero attached hydrogens (tertiary/aromatic N) is 2. The normalized spacial score (nSPS) is 11.0. The number of ether oxygens (including phenoxy) is 1. The molecule has 0 aliphatic rings. The molecule has 0 amide bonds. The zero-order chi connectivity index (χ0) is 16.2. The molecule has 4 heteroatoms. The number of aromatic nitrogens is 2. The molecule has 0 unspecified atom stereocenters. The van der Waals surface area contributed by atoms with Gasteiger partial charge in [-0.15, -0.1) is 0 Å². The van der Waals surface area contributed by atoms with E-state index in [1.807, 2.05) is 41.2 Å². The molecule has 1 aromatic heterocycles. The fraction of sp³-hybridized carbons (Fsp3) is 0.211. The van der Waals surface area contributed by atoms with Gasteiger partial charge in [0.05, 0.1) is 5.69 Å². The average Bonchev–Trinajstić information content (AvgIpc) is 2.98. The SMILES string of the molecule is CC(C)Cn1nccc1-c1ccc(Oc2ccc(F)cc2)cc1. The van der Waals surface area contributed by atoms with E-state index in [1.165, 1.54) is 12.1 Å². The van der Waals surface area contributed by atoms with Crippen molar-refractivity contribution in [3.05, 3.63) is 66.6 Å². The van der Waals surface area contributed by atoms with E-state index in [9.17, 15) is 4.39 Å². The summed E-state index contributed by atoms with van der Waals surface area (Å²) in [4.78, 5) is 0. The molecule has 3 rings (SSSR count). The quantitative estimate of drug-likeness (QED) is 0.652. The highest BCUT2D eigenvalue weighted by Gasteiger charge is 2.07. The van der Waals surface area contributed by atoms with Gasteiger partial charge in [-0.2, -0.15) is 5.10 Å². The van der Waals surface area contributed by atoms with Crippen LogP contribution in [0.4, 0.5) is 4.39 Å². The average molecular weight is 310 g/mol. The highest BCUT2D eigenvalue weighted by atomic mass is 19.1. The second-order valence-electron chi connectivity index (χ2n) is 5.87. The molecule has 0 saturated heterocycles. The molecule has 2 aromatic carbocycles. The van der Waals surface area contributed by atoms with Crippen molar-refractivity contribution in [2.24, 2.45) is 5.92 Å². The fourth-order valence-corrected chi connectivity index (χ4v) is 2.40. The summed E-state index contributed by atoms with van der Waals surface area (Å²) in [6.45, 7) is 5.23. The van der Waals surface area contributed by atoms with Gasteiger partial charge in [-0.05, 0) is 60.5 Å². The van der Waals surface area contributed by atoms with E-state index in [0.717, 1.165) is 23.6 Å². The number of rotatable bonds is 5. The maximum Gasteiger partial charge on any atom is 0.127 e. The van der Waals surface area contributed by atoms with Crippen molar-refractivity contribution in [2.45, 2.75) is 20.4 Å². The maximum absolute atomic E-state index is 12.9. The van der Waals surface area contributed by atoms with Crippen molar-refractivity contribution in [3.8, 4) is 22.8 Å². The lowest BCUT2D eigenvalue weighted by molar-refractivity contribution is 0.480. The van der Waals surface area contributed by atoms with Gasteiger partial charge in [0.25, 0.3) is 0 Å². The molecule has 3 nitrogen and oxygen atoms in total. The van der Waals surface area contributed by atoms with Crippen LogP contribution in [0.25, 0.3) is 11.3 Å². The Bertz CT molecular complexity index is 761. The highest BCUT2D eigenvalue weighted by Crippen LogP contribution is 2.26. The van der Waals surface area contributed by atoms with Crippen molar-refractivity contribution in [3.63, 3.8) is 0 Å². The summed E-state index contributed by atoms with van der Waals surface area (Å²) in [7, 11) is 0. The molecule has 0 saturated carbocycles. The van der Waals surface area contributed by atoms with Gasteiger partial charge in [0.1, 0.15) is 17.3 Å². The molecule has 1 heterocycles. The molecule has 0 aliphatic carbocycles. The van der Waals surface area contributed by atoms with Gasteiger partial charge >= 0.3 is 0 Å². The smallest absolute Gasteiger partial charge is 0.127 e. The summed E-state index contributed by atoms with van der Waals surface area (Å²) in [6.07, 6.45) is 1.82. The van der Waals surface area contributed by atoms with E-state index < -0.39 is 0 Å². The largest absolute Gasteiger partial charge is 0.457 e. The minimum Gasteiger partial charge on any atom is -0.457 e. The van der Waals surface area contributed by atoms with Crippen LogP contribution >= 0.6 is 0 Å². The van der Waals surface area contributed by atoms with Gasteiger partial charge in [-0.3, -0.25) is 4.68 Å². The van der Waals surface area contributed by atoms with E-state index in [-0.39, 0.29) is 5.82 Å². The fourth-order valence-electron chi connectivity index (χ4n) is 2.40. The summed E-state index contributed by atoms with van der Waals surface area (Å²) in [5, 5.41) is 4.38. The van der Waals surface area contributed by atoms with E-state index >= 15 is 0 Å². The summed E-state index contributed by atoms with van der Waals surface area (Å²) < 4.78 is 20.6. The first-order valence-corrected chi connectivity index (χ1v) is 7.67. The standard InChI is InChI=1S/C19H19FN2O/c1-14(2)13-22-19(11-12-21-22)15-3-7-17(8-4-15)23-18-9-5-16(20)6-10-18/h3-12,14H,13H2,1-2H3. The second-order valence-corrected chi connectivity index (χ2v) is 5.87. The highest BCUT2D eigenvalue weighted by molar-refractivity contribution is 5.60. The zero-order valence-corrected chi connectivity index (χ0v) is 13.2. The van der Waals surface area contributed by atoms with Crippen LogP contribution in [0.5, 0.6) is 11.5 Å². The molecule has 0 N–H and O–H groups in total. The Morgan fingerprint density at radius 2 is 1.57 bits per heavy atom. The van der Waals surface area contributed by atoms with Gasteiger partial charge < -0.3 is 4.74 Å². The molecular formula is C19H19FN2O. The molecule has 0 atom stereocenters. The third-order valence-corrected chi connectivity index (χ3v) is 3.45. The molecule has 23 heavy (non-hydrogen) atoms. The first-order chi connectivity index (χ1) is 11.1. The van der Waals surface area contributed by atoms with Gasteiger partial charge in [-0.25, -0.2) is 4.39 Å². The van der Waals surface area contributed by atoms with Gasteiger partial charge in [0.15, 0.2) is 0 Å². The minimum atomic E-state index is -0.272. The van der Waals surface area contributed by atoms with Crippen LogP contribution in [-0.4, -0.2) is 9.78 Å². The van der Waals surface area contributed by atoms with Crippen LogP contribution in [-0.2, 0) is 6.54 Å². The summed E-state index contributed by atoms with van der Waals surface area (Å²) in [5.74, 6) is 1.60. The van der Waals surface area contributed by atoms with Crippen molar-refractivity contribution in [2.75, 3.05) is 0 Å². The number of hydrogen-bond donors (Lipinski definition) is 0. The van der Waals surface area contributed by atoms with Crippen molar-refractivity contribution < 1.29 is 9.13 Å². The minimum absolute atomic E-state index is 0.272. The third-order valence-electron chi connectivity index (χ3n) is 3.45. The first kappa shape index (κ1) is 15.3. The Kier molecular flexibility index (Phi) is 4.42. The van der Waals surface area contributed by atoms with Crippen LogP contribution in [0.2, 0.25) is 0 Å². The Labute approximate surface area is 135 Å². The van der Waals surface area contributed by atoms with Gasteiger partial charge in [0.2, 0.25) is 0 Å². The van der Waals surface area contributed by atoms with E-state index in [0.29, 0.717) is 11.7 Å². The molecule has 0 bridgehead atoms. The van der Waals surface area contributed by atoms with Crippen LogP contribution in [0.3, 0.4) is 0 Å². The monoisotopic (exact) mass is 310 g/mol.